The van der Waals surface area contributed by atoms with Gasteiger partial charge in [-0.3, -0.25) is 14.2 Å². The molecule has 0 radical (unpaired) electrons. The van der Waals surface area contributed by atoms with E-state index in [-0.39, 0.29) is 18.0 Å². The summed E-state index contributed by atoms with van der Waals surface area (Å²) >= 11 is 7.75. The molecule has 4 aromatic rings. The highest BCUT2D eigenvalue weighted by Crippen LogP contribution is 2.26. The van der Waals surface area contributed by atoms with Crippen LogP contribution in [0.3, 0.4) is 0 Å². The second kappa shape index (κ2) is 7.39. The molecule has 6 heteroatoms. The first-order valence-corrected chi connectivity index (χ1v) is 9.60. The van der Waals surface area contributed by atoms with Crippen LogP contribution in [0.2, 0.25) is 5.02 Å². The fourth-order valence-corrected chi connectivity index (χ4v) is 4.06. The number of anilines is 1. The Kier molecular flexibility index (Phi) is 4.79. The van der Waals surface area contributed by atoms with E-state index in [4.69, 9.17) is 11.6 Å². The quantitative estimate of drug-likeness (QED) is 0.528. The summed E-state index contributed by atoms with van der Waals surface area (Å²) < 4.78 is 2.55. The molecule has 0 saturated carbocycles. The number of carbonyl (C=O) groups excluding carboxylic acids is 1. The molecule has 0 aliphatic heterocycles. The van der Waals surface area contributed by atoms with Gasteiger partial charge in [-0.1, -0.05) is 54.1 Å². The second-order valence-electron chi connectivity index (χ2n) is 6.03. The van der Waals surface area contributed by atoms with E-state index in [9.17, 15) is 9.59 Å². The van der Waals surface area contributed by atoms with Crippen molar-refractivity contribution in [3.63, 3.8) is 0 Å². The molecule has 1 N–H and O–H groups in total. The number of hydrogen-bond acceptors (Lipinski definition) is 3. The number of aromatic nitrogens is 1. The van der Waals surface area contributed by atoms with E-state index < -0.39 is 0 Å². The van der Waals surface area contributed by atoms with Crippen LogP contribution in [0, 0.1) is 0 Å². The first-order chi connectivity index (χ1) is 13.1. The number of nitrogens with one attached hydrogen (secondary N) is 1. The van der Waals surface area contributed by atoms with Gasteiger partial charge in [-0.2, -0.15) is 0 Å². The summed E-state index contributed by atoms with van der Waals surface area (Å²) in [5.41, 5.74) is 1.20. The average Bonchev–Trinajstić information content (AvgIpc) is 3.10. The van der Waals surface area contributed by atoms with Crippen molar-refractivity contribution in [1.29, 1.82) is 0 Å². The highest BCUT2D eigenvalue weighted by molar-refractivity contribution is 7.17. The fraction of sp³-hybridized carbons (Fsp3) is 0.0476. The molecule has 2 heterocycles. The molecular formula is C21H15ClN2O2S. The maximum absolute atomic E-state index is 12.8. The molecular weight excluding hydrogens is 380 g/mol. The standard InChI is InChI=1S/C21H15ClN2O2S/c22-17-8-3-1-6-14(17)12-24-19(10-5-11-20(24)25)23-21(26)16-13-27-18-9-4-2-7-15(16)18/h1-11,13H,12H2,(H,23,26). The number of pyridine rings is 1. The van der Waals surface area contributed by atoms with Crippen LogP contribution in [0.15, 0.2) is 76.9 Å². The molecule has 0 aliphatic rings. The van der Waals surface area contributed by atoms with Crippen LogP contribution in [0.4, 0.5) is 5.82 Å². The summed E-state index contributed by atoms with van der Waals surface area (Å²) in [5, 5.41) is 6.18. The highest BCUT2D eigenvalue weighted by atomic mass is 35.5. The van der Waals surface area contributed by atoms with Crippen molar-refractivity contribution in [2.24, 2.45) is 0 Å². The molecule has 0 aliphatic carbocycles. The molecule has 0 fully saturated rings. The lowest BCUT2D eigenvalue weighted by molar-refractivity contribution is 0.102. The lowest BCUT2D eigenvalue weighted by atomic mass is 10.1. The minimum Gasteiger partial charge on any atom is -0.308 e. The topological polar surface area (TPSA) is 51.1 Å². The Morgan fingerprint density at radius 1 is 1.00 bits per heavy atom. The Labute approximate surface area is 164 Å². The van der Waals surface area contributed by atoms with Gasteiger partial charge in [-0.15, -0.1) is 11.3 Å². The van der Waals surface area contributed by atoms with Gasteiger partial charge < -0.3 is 5.32 Å². The molecule has 2 aromatic carbocycles. The SMILES string of the molecule is O=C(Nc1cccc(=O)n1Cc1ccccc1Cl)c1csc2ccccc12. The molecule has 0 bridgehead atoms. The summed E-state index contributed by atoms with van der Waals surface area (Å²) in [5.74, 6) is 0.189. The number of carbonyl (C=O) groups is 1. The maximum atomic E-state index is 12.8. The van der Waals surface area contributed by atoms with Crippen molar-refractivity contribution in [2.45, 2.75) is 6.54 Å². The number of thiophene rings is 1. The molecule has 0 saturated heterocycles. The van der Waals surface area contributed by atoms with E-state index in [1.807, 2.05) is 47.8 Å². The van der Waals surface area contributed by atoms with E-state index >= 15 is 0 Å². The van der Waals surface area contributed by atoms with Gasteiger partial charge in [0, 0.05) is 26.6 Å². The minimum atomic E-state index is -0.244. The smallest absolute Gasteiger partial charge is 0.258 e. The van der Waals surface area contributed by atoms with E-state index in [1.54, 1.807) is 18.2 Å². The summed E-state index contributed by atoms with van der Waals surface area (Å²) in [6.45, 7) is 0.277. The first kappa shape index (κ1) is 17.5. The Bertz CT molecular complexity index is 1200. The third-order valence-corrected chi connectivity index (χ3v) is 5.64. The Balaban J connectivity index is 1.68. The van der Waals surface area contributed by atoms with Crippen LogP contribution in [0.25, 0.3) is 10.1 Å². The average molecular weight is 395 g/mol. The fourth-order valence-electron chi connectivity index (χ4n) is 2.93. The first-order valence-electron chi connectivity index (χ1n) is 8.34. The van der Waals surface area contributed by atoms with Crippen molar-refractivity contribution in [1.82, 2.24) is 4.57 Å². The van der Waals surface area contributed by atoms with Crippen LogP contribution in [-0.4, -0.2) is 10.5 Å². The van der Waals surface area contributed by atoms with Crippen LogP contribution >= 0.6 is 22.9 Å². The predicted octanol–water partition coefficient (Wildman–Crippen LogP) is 5.02. The van der Waals surface area contributed by atoms with Crippen molar-refractivity contribution in [2.75, 3.05) is 5.32 Å². The summed E-state index contributed by atoms with van der Waals surface area (Å²) in [7, 11) is 0. The molecule has 0 spiro atoms. The zero-order valence-corrected chi connectivity index (χ0v) is 15.8. The lowest BCUT2D eigenvalue weighted by Gasteiger charge is -2.14. The summed E-state index contributed by atoms with van der Waals surface area (Å²) in [4.78, 5) is 25.2. The Morgan fingerprint density at radius 2 is 1.78 bits per heavy atom. The van der Waals surface area contributed by atoms with E-state index in [1.165, 1.54) is 22.0 Å². The largest absolute Gasteiger partial charge is 0.308 e. The lowest BCUT2D eigenvalue weighted by Crippen LogP contribution is -2.25. The molecule has 1 amide bonds. The van der Waals surface area contributed by atoms with Gasteiger partial charge in [0.15, 0.2) is 0 Å². The summed E-state index contributed by atoms with van der Waals surface area (Å²) in [6, 6.07) is 19.9. The van der Waals surface area contributed by atoms with Crippen molar-refractivity contribution in [3.8, 4) is 0 Å². The Morgan fingerprint density at radius 3 is 2.63 bits per heavy atom. The van der Waals surface area contributed by atoms with Crippen molar-refractivity contribution < 1.29 is 4.79 Å². The normalized spacial score (nSPS) is 10.9. The molecule has 4 rings (SSSR count). The number of rotatable bonds is 4. The zero-order valence-electron chi connectivity index (χ0n) is 14.2. The van der Waals surface area contributed by atoms with Crippen molar-refractivity contribution in [3.05, 3.63) is 98.6 Å². The van der Waals surface area contributed by atoms with Gasteiger partial charge in [-0.25, -0.2) is 0 Å². The molecule has 27 heavy (non-hydrogen) atoms. The monoisotopic (exact) mass is 394 g/mol. The zero-order chi connectivity index (χ0) is 18.8. The number of nitrogens with zero attached hydrogens (tertiary/aromatic N) is 1. The maximum Gasteiger partial charge on any atom is 0.258 e. The molecule has 2 aromatic heterocycles. The van der Waals surface area contributed by atoms with E-state index in [0.29, 0.717) is 16.4 Å². The van der Waals surface area contributed by atoms with Crippen LogP contribution in [0.5, 0.6) is 0 Å². The molecule has 0 atom stereocenters. The number of hydrogen-bond donors (Lipinski definition) is 1. The molecule has 4 nitrogen and oxygen atoms in total. The van der Waals surface area contributed by atoms with Gasteiger partial charge in [0.05, 0.1) is 12.1 Å². The second-order valence-corrected chi connectivity index (χ2v) is 7.34. The van der Waals surface area contributed by atoms with Gasteiger partial charge >= 0.3 is 0 Å². The van der Waals surface area contributed by atoms with E-state index in [2.05, 4.69) is 5.32 Å². The van der Waals surface area contributed by atoms with Gasteiger partial charge in [0.2, 0.25) is 0 Å². The number of amides is 1. The number of benzene rings is 2. The van der Waals surface area contributed by atoms with Crippen molar-refractivity contribution >= 4 is 44.7 Å². The van der Waals surface area contributed by atoms with Crippen LogP contribution in [0.1, 0.15) is 15.9 Å². The number of fused-ring (bicyclic) bond motifs is 1. The molecule has 134 valence electrons. The highest BCUT2D eigenvalue weighted by Gasteiger charge is 2.14. The van der Waals surface area contributed by atoms with Gasteiger partial charge in [0.1, 0.15) is 5.82 Å². The molecule has 0 unspecified atom stereocenters. The minimum absolute atomic E-state index is 0.206. The van der Waals surface area contributed by atoms with E-state index in [0.717, 1.165) is 15.6 Å². The van der Waals surface area contributed by atoms with Crippen LogP contribution < -0.4 is 10.9 Å². The predicted molar refractivity (Wildman–Crippen MR) is 111 cm³/mol. The van der Waals surface area contributed by atoms with Gasteiger partial charge in [-0.05, 0) is 23.8 Å². The summed E-state index contributed by atoms with van der Waals surface area (Å²) in [6.07, 6.45) is 0. The third-order valence-electron chi connectivity index (χ3n) is 4.30. The number of halogens is 1. The van der Waals surface area contributed by atoms with Gasteiger partial charge in [0.25, 0.3) is 11.5 Å². The third kappa shape index (κ3) is 3.52. The Hall–Kier alpha value is -2.89. The van der Waals surface area contributed by atoms with Crippen LogP contribution in [-0.2, 0) is 6.54 Å².